The van der Waals surface area contributed by atoms with Crippen LogP contribution in [0.3, 0.4) is 0 Å². The number of hydrogen-bond donors (Lipinski definition) is 3. The topological polar surface area (TPSA) is 114 Å². The third-order valence-electron chi connectivity index (χ3n) is 6.32. The summed E-state index contributed by atoms with van der Waals surface area (Å²) >= 11 is 0. The third kappa shape index (κ3) is 5.55. The second-order valence-corrected chi connectivity index (χ2v) is 8.63. The lowest BCUT2D eigenvalue weighted by Crippen LogP contribution is -2.23. The highest BCUT2D eigenvalue weighted by atomic mass is 16.5. The molecule has 0 fully saturated rings. The fraction of sp³-hybridized carbons (Fsp3) is 0.250. The number of carboxylic acid groups (broad SMARTS) is 1. The van der Waals surface area contributed by atoms with Gasteiger partial charge in [0.2, 0.25) is 0 Å². The number of carboxylic acids is 1. The molecule has 0 saturated carbocycles. The van der Waals surface area contributed by atoms with E-state index in [1.54, 1.807) is 19.1 Å². The molecule has 0 radical (unpaired) electrons. The van der Waals surface area contributed by atoms with Crippen molar-refractivity contribution >= 4 is 23.7 Å². The summed E-state index contributed by atoms with van der Waals surface area (Å²) in [7, 11) is 1.31. The highest BCUT2D eigenvalue weighted by Gasteiger charge is 2.29. The largest absolute Gasteiger partial charge is 0.480 e. The van der Waals surface area contributed by atoms with Gasteiger partial charge in [0.1, 0.15) is 6.61 Å². The van der Waals surface area contributed by atoms with Crippen molar-refractivity contribution in [1.29, 1.82) is 0 Å². The van der Waals surface area contributed by atoms with Crippen LogP contribution in [0, 0.1) is 6.92 Å². The van der Waals surface area contributed by atoms with Crippen molar-refractivity contribution in [1.82, 2.24) is 5.32 Å². The molecule has 3 aromatic rings. The number of nitrogens with one attached hydrogen (secondary N) is 2. The Balaban J connectivity index is 1.50. The van der Waals surface area contributed by atoms with E-state index in [2.05, 4.69) is 34.9 Å². The molecule has 0 aromatic heterocycles. The summed E-state index contributed by atoms with van der Waals surface area (Å²) in [5.74, 6) is -1.46. The minimum atomic E-state index is -0.978. The Hall–Kier alpha value is -4.17. The zero-order valence-corrected chi connectivity index (χ0v) is 20.2. The monoisotopic (exact) mass is 488 g/mol. The molecule has 0 heterocycles. The van der Waals surface area contributed by atoms with E-state index in [0.29, 0.717) is 16.8 Å². The van der Waals surface area contributed by atoms with Gasteiger partial charge in [0.05, 0.1) is 20.1 Å². The van der Waals surface area contributed by atoms with Crippen LogP contribution in [0.1, 0.15) is 33.7 Å². The molecule has 8 nitrogen and oxygen atoms in total. The number of benzene rings is 3. The average molecular weight is 489 g/mol. The highest BCUT2D eigenvalue weighted by molar-refractivity contribution is 5.87. The number of amides is 1. The van der Waals surface area contributed by atoms with Crippen LogP contribution in [-0.4, -0.2) is 43.4 Å². The Labute approximate surface area is 209 Å². The molecule has 0 saturated heterocycles. The van der Waals surface area contributed by atoms with Gasteiger partial charge in [-0.1, -0.05) is 54.6 Å². The van der Waals surface area contributed by atoms with Crippen LogP contribution in [0.5, 0.6) is 0 Å². The van der Waals surface area contributed by atoms with E-state index in [4.69, 9.17) is 14.6 Å². The molecule has 0 unspecified atom stereocenters. The third-order valence-corrected chi connectivity index (χ3v) is 6.32. The van der Waals surface area contributed by atoms with Gasteiger partial charge in [-0.2, -0.15) is 0 Å². The lowest BCUT2D eigenvalue weighted by atomic mass is 9.98. The second kappa shape index (κ2) is 11.0. The van der Waals surface area contributed by atoms with Crippen molar-refractivity contribution in [2.75, 3.05) is 25.6 Å². The molecule has 1 aliphatic rings. The van der Waals surface area contributed by atoms with Gasteiger partial charge < -0.3 is 19.9 Å². The van der Waals surface area contributed by atoms with E-state index in [1.807, 2.05) is 24.3 Å². The minimum absolute atomic E-state index is 0.0223. The van der Waals surface area contributed by atoms with Crippen molar-refractivity contribution < 1.29 is 29.0 Å². The van der Waals surface area contributed by atoms with Crippen LogP contribution in [0.4, 0.5) is 10.5 Å². The Kier molecular flexibility index (Phi) is 7.65. The van der Waals surface area contributed by atoms with Gasteiger partial charge in [-0.25, -0.2) is 4.79 Å². The summed E-state index contributed by atoms with van der Waals surface area (Å²) in [5.41, 5.74) is 7.11. The molecule has 1 amide bonds. The Morgan fingerprint density at radius 1 is 0.972 bits per heavy atom. The number of hydrogen-bond acceptors (Lipinski definition) is 6. The molecule has 0 spiro atoms. The van der Waals surface area contributed by atoms with E-state index in [-0.39, 0.29) is 32.0 Å². The maximum Gasteiger partial charge on any atom is 0.411 e. The molecule has 186 valence electrons. The van der Waals surface area contributed by atoms with E-state index in [0.717, 1.165) is 27.8 Å². The molecule has 0 atom stereocenters. The smallest absolute Gasteiger partial charge is 0.411 e. The van der Waals surface area contributed by atoms with E-state index in [1.165, 1.54) is 7.11 Å². The maximum absolute atomic E-state index is 12.8. The zero-order chi connectivity index (χ0) is 25.7. The van der Waals surface area contributed by atoms with Gasteiger partial charge in [-0.05, 0) is 51.9 Å². The van der Waals surface area contributed by atoms with Crippen molar-refractivity contribution in [3.8, 4) is 11.1 Å². The number of carbonyl (C=O) groups excluding carboxylic acids is 2. The summed E-state index contributed by atoms with van der Waals surface area (Å²) in [5, 5.41) is 14.5. The molecule has 1 aliphatic carbocycles. The summed E-state index contributed by atoms with van der Waals surface area (Å²) in [6, 6.07) is 19.8. The van der Waals surface area contributed by atoms with Crippen LogP contribution in [0.25, 0.3) is 11.1 Å². The molecular formula is C28H28N2O6. The molecule has 3 aromatic carbocycles. The Morgan fingerprint density at radius 3 is 2.22 bits per heavy atom. The predicted molar refractivity (Wildman–Crippen MR) is 135 cm³/mol. The van der Waals surface area contributed by atoms with E-state index in [9.17, 15) is 14.4 Å². The number of methoxy groups -OCH3 is 1. The number of esters is 1. The molecular weight excluding hydrogens is 460 g/mol. The standard InChI is InChI=1S/C28H28N2O6/c1-17-19(13-27(33)35-2)11-18(14-29-15-26(31)32)12-25(17)30-28(34)36-16-24-22-9-5-3-7-20(22)21-8-4-6-10-23(21)24/h3-12,24,29H,13-16H2,1-2H3,(H,30,34)(H,31,32). The number of fused-ring (bicyclic) bond motifs is 3. The van der Waals surface area contributed by atoms with Crippen LogP contribution in [0.15, 0.2) is 60.7 Å². The summed E-state index contributed by atoms with van der Waals surface area (Å²) in [6.45, 7) is 2.01. The lowest BCUT2D eigenvalue weighted by molar-refractivity contribution is -0.140. The minimum Gasteiger partial charge on any atom is -0.480 e. The first-order valence-electron chi connectivity index (χ1n) is 11.6. The van der Waals surface area contributed by atoms with Crippen LogP contribution < -0.4 is 10.6 Å². The SMILES string of the molecule is COC(=O)Cc1cc(CNCC(=O)O)cc(NC(=O)OCC2c3ccccc3-c3ccccc32)c1C. The van der Waals surface area contributed by atoms with Gasteiger partial charge in [-0.3, -0.25) is 14.9 Å². The van der Waals surface area contributed by atoms with Crippen molar-refractivity contribution in [3.05, 3.63) is 88.5 Å². The van der Waals surface area contributed by atoms with Crippen molar-refractivity contribution in [3.63, 3.8) is 0 Å². The van der Waals surface area contributed by atoms with E-state index < -0.39 is 18.0 Å². The fourth-order valence-corrected chi connectivity index (χ4v) is 4.54. The summed E-state index contributed by atoms with van der Waals surface area (Å²) < 4.78 is 10.4. The molecule has 3 N–H and O–H groups in total. The van der Waals surface area contributed by atoms with Crippen LogP contribution in [-0.2, 0) is 32.0 Å². The number of ether oxygens (including phenoxy) is 2. The first-order valence-corrected chi connectivity index (χ1v) is 11.6. The summed E-state index contributed by atoms with van der Waals surface area (Å²) in [6.07, 6.45) is -0.589. The Bertz CT molecular complexity index is 1260. The zero-order valence-electron chi connectivity index (χ0n) is 20.2. The predicted octanol–water partition coefficient (Wildman–Crippen LogP) is 4.25. The maximum atomic E-state index is 12.8. The molecule has 8 heteroatoms. The first kappa shape index (κ1) is 24.9. The van der Waals surface area contributed by atoms with Gasteiger partial charge in [0.25, 0.3) is 0 Å². The van der Waals surface area contributed by atoms with Gasteiger partial charge >= 0.3 is 18.0 Å². The Morgan fingerprint density at radius 2 is 1.61 bits per heavy atom. The second-order valence-electron chi connectivity index (χ2n) is 8.63. The van der Waals surface area contributed by atoms with Gasteiger partial charge in [0.15, 0.2) is 0 Å². The molecule has 4 rings (SSSR count). The molecule has 0 bridgehead atoms. The van der Waals surface area contributed by atoms with Crippen LogP contribution in [0.2, 0.25) is 0 Å². The molecule has 0 aliphatic heterocycles. The highest BCUT2D eigenvalue weighted by Crippen LogP contribution is 2.44. The molecule has 36 heavy (non-hydrogen) atoms. The summed E-state index contributed by atoms with van der Waals surface area (Å²) in [4.78, 5) is 35.6. The van der Waals surface area contributed by atoms with Crippen molar-refractivity contribution in [2.24, 2.45) is 0 Å². The number of rotatable bonds is 9. The number of carbonyl (C=O) groups is 3. The first-order chi connectivity index (χ1) is 17.4. The van der Waals surface area contributed by atoms with Crippen molar-refractivity contribution in [2.45, 2.75) is 25.8 Å². The van der Waals surface area contributed by atoms with E-state index >= 15 is 0 Å². The number of anilines is 1. The van der Waals surface area contributed by atoms with Crippen LogP contribution >= 0.6 is 0 Å². The fourth-order valence-electron chi connectivity index (χ4n) is 4.54. The number of aliphatic carboxylic acids is 1. The van der Waals surface area contributed by atoms with Gasteiger partial charge in [0, 0.05) is 18.2 Å². The lowest BCUT2D eigenvalue weighted by Gasteiger charge is -2.17. The van der Waals surface area contributed by atoms with Gasteiger partial charge in [-0.15, -0.1) is 0 Å². The normalized spacial score (nSPS) is 11.9. The quantitative estimate of drug-likeness (QED) is 0.386. The average Bonchev–Trinajstić information content (AvgIpc) is 3.19.